The summed E-state index contributed by atoms with van der Waals surface area (Å²) in [7, 11) is 0. The molecule has 0 fully saturated rings. The van der Waals surface area contributed by atoms with Gasteiger partial charge in [0, 0.05) is 6.04 Å². The zero-order chi connectivity index (χ0) is 12.1. The largest absolute Gasteiger partial charge is 0.493 e. The Hall–Kier alpha value is -1.02. The van der Waals surface area contributed by atoms with Crippen molar-refractivity contribution in [1.29, 1.82) is 0 Å². The first-order chi connectivity index (χ1) is 7.54. The Bertz CT molecular complexity index is 332. The number of aryl methyl sites for hydroxylation is 1. The maximum atomic E-state index is 5.92. The van der Waals surface area contributed by atoms with Crippen LogP contribution in [0.4, 0.5) is 0 Å². The fraction of sp³-hybridized carbons (Fsp3) is 0.571. The van der Waals surface area contributed by atoms with E-state index in [1.807, 2.05) is 13.0 Å². The van der Waals surface area contributed by atoms with E-state index in [4.69, 9.17) is 10.5 Å². The molecule has 0 aliphatic heterocycles. The Labute approximate surface area is 98.8 Å². The first-order valence-corrected chi connectivity index (χ1v) is 6.05. The molecule has 0 aromatic heterocycles. The van der Waals surface area contributed by atoms with Gasteiger partial charge in [-0.25, -0.2) is 0 Å². The molecule has 0 radical (unpaired) electrons. The predicted molar refractivity (Wildman–Crippen MR) is 68.8 cm³/mol. The molecule has 1 aromatic rings. The van der Waals surface area contributed by atoms with Crippen molar-refractivity contribution in [2.75, 3.05) is 6.61 Å². The number of benzene rings is 1. The minimum Gasteiger partial charge on any atom is -0.493 e. The molecular formula is C14H23NO. The third-order valence-corrected chi connectivity index (χ3v) is 2.57. The molecule has 0 bridgehead atoms. The van der Waals surface area contributed by atoms with Gasteiger partial charge in [-0.15, -0.1) is 0 Å². The third kappa shape index (κ3) is 3.53. The number of ether oxygens (including phenoxy) is 1. The Balaban J connectivity index is 2.82. The van der Waals surface area contributed by atoms with Crippen LogP contribution in [0.1, 0.15) is 44.9 Å². The highest BCUT2D eigenvalue weighted by atomic mass is 16.5. The Morgan fingerprint density at radius 3 is 2.44 bits per heavy atom. The van der Waals surface area contributed by atoms with E-state index in [1.54, 1.807) is 0 Å². The van der Waals surface area contributed by atoms with Crippen molar-refractivity contribution >= 4 is 0 Å². The predicted octanol–water partition coefficient (Wildman–Crippen LogP) is 3.30. The van der Waals surface area contributed by atoms with Crippen LogP contribution in [0.25, 0.3) is 0 Å². The van der Waals surface area contributed by atoms with Crippen LogP contribution < -0.4 is 10.5 Å². The quantitative estimate of drug-likeness (QED) is 0.828. The summed E-state index contributed by atoms with van der Waals surface area (Å²) in [5.74, 6) is 1.51. The van der Waals surface area contributed by atoms with E-state index >= 15 is 0 Å². The van der Waals surface area contributed by atoms with Crippen molar-refractivity contribution in [2.45, 2.75) is 40.2 Å². The van der Waals surface area contributed by atoms with E-state index in [9.17, 15) is 0 Å². The van der Waals surface area contributed by atoms with Crippen LogP contribution in [0.3, 0.4) is 0 Å². The van der Waals surface area contributed by atoms with Crippen LogP contribution in [0.5, 0.6) is 5.75 Å². The summed E-state index contributed by atoms with van der Waals surface area (Å²) in [4.78, 5) is 0. The molecule has 1 aromatic carbocycles. The summed E-state index contributed by atoms with van der Waals surface area (Å²) in [6, 6.07) is 6.30. The molecule has 2 heteroatoms. The molecule has 1 rings (SSSR count). The third-order valence-electron chi connectivity index (χ3n) is 2.57. The lowest BCUT2D eigenvalue weighted by Gasteiger charge is -2.14. The van der Waals surface area contributed by atoms with Crippen molar-refractivity contribution in [1.82, 2.24) is 0 Å². The Kier molecular flexibility index (Phi) is 4.81. The van der Waals surface area contributed by atoms with Gasteiger partial charge in [-0.3, -0.25) is 0 Å². The smallest absolute Gasteiger partial charge is 0.119 e. The van der Waals surface area contributed by atoms with Crippen molar-refractivity contribution in [3.63, 3.8) is 0 Å². The second-order valence-electron chi connectivity index (χ2n) is 4.71. The summed E-state index contributed by atoms with van der Waals surface area (Å²) in [6.07, 6.45) is 0.996. The van der Waals surface area contributed by atoms with E-state index in [0.29, 0.717) is 5.92 Å². The first-order valence-electron chi connectivity index (χ1n) is 6.05. The van der Waals surface area contributed by atoms with Gasteiger partial charge in [0.2, 0.25) is 0 Å². The maximum Gasteiger partial charge on any atom is 0.119 e. The highest BCUT2D eigenvalue weighted by molar-refractivity contribution is 5.37. The maximum absolute atomic E-state index is 5.92. The minimum absolute atomic E-state index is 0.0918. The Morgan fingerprint density at radius 1 is 1.25 bits per heavy atom. The van der Waals surface area contributed by atoms with Crippen LogP contribution in [0.15, 0.2) is 18.2 Å². The molecule has 2 nitrogen and oxygen atoms in total. The van der Waals surface area contributed by atoms with Gasteiger partial charge in [0.1, 0.15) is 5.75 Å². The van der Waals surface area contributed by atoms with Crippen LogP contribution in [0, 0.1) is 5.92 Å². The number of nitrogens with two attached hydrogens (primary N) is 1. The zero-order valence-electron chi connectivity index (χ0n) is 10.8. The van der Waals surface area contributed by atoms with E-state index in [0.717, 1.165) is 18.8 Å². The van der Waals surface area contributed by atoms with Gasteiger partial charge in [0.15, 0.2) is 0 Å². The lowest BCUT2D eigenvalue weighted by Crippen LogP contribution is -2.09. The molecule has 1 atom stereocenters. The van der Waals surface area contributed by atoms with Crippen molar-refractivity contribution < 1.29 is 4.74 Å². The minimum atomic E-state index is 0.0918. The molecule has 0 amide bonds. The molecule has 90 valence electrons. The van der Waals surface area contributed by atoms with E-state index < -0.39 is 0 Å². The lowest BCUT2D eigenvalue weighted by atomic mass is 10.00. The second kappa shape index (κ2) is 5.90. The van der Waals surface area contributed by atoms with Crippen LogP contribution in [-0.2, 0) is 6.42 Å². The molecule has 1 unspecified atom stereocenters. The molecule has 0 heterocycles. The fourth-order valence-corrected chi connectivity index (χ4v) is 1.69. The van der Waals surface area contributed by atoms with Gasteiger partial charge in [-0.05, 0) is 42.5 Å². The monoisotopic (exact) mass is 221 g/mol. The van der Waals surface area contributed by atoms with Crippen LogP contribution in [0.2, 0.25) is 0 Å². The average Bonchev–Trinajstić information content (AvgIpc) is 2.25. The Morgan fingerprint density at radius 2 is 1.94 bits per heavy atom. The molecular weight excluding hydrogens is 198 g/mol. The number of hydrogen-bond donors (Lipinski definition) is 1. The van der Waals surface area contributed by atoms with Gasteiger partial charge in [-0.2, -0.15) is 0 Å². The highest BCUT2D eigenvalue weighted by Gasteiger charge is 2.07. The normalized spacial score (nSPS) is 12.9. The molecule has 0 saturated heterocycles. The van der Waals surface area contributed by atoms with Crippen LogP contribution in [-0.4, -0.2) is 6.61 Å². The van der Waals surface area contributed by atoms with Gasteiger partial charge in [0.25, 0.3) is 0 Å². The van der Waals surface area contributed by atoms with Crippen molar-refractivity contribution in [3.8, 4) is 5.75 Å². The van der Waals surface area contributed by atoms with Gasteiger partial charge >= 0.3 is 0 Å². The summed E-state index contributed by atoms with van der Waals surface area (Å²) >= 11 is 0. The summed E-state index contributed by atoms with van der Waals surface area (Å²) in [5, 5.41) is 0. The summed E-state index contributed by atoms with van der Waals surface area (Å²) < 4.78 is 5.70. The van der Waals surface area contributed by atoms with Crippen molar-refractivity contribution in [3.05, 3.63) is 29.3 Å². The van der Waals surface area contributed by atoms with Crippen LogP contribution >= 0.6 is 0 Å². The molecule has 16 heavy (non-hydrogen) atoms. The molecule has 0 saturated carbocycles. The second-order valence-corrected chi connectivity index (χ2v) is 4.71. The first kappa shape index (κ1) is 13.0. The van der Waals surface area contributed by atoms with E-state index in [2.05, 4.69) is 32.9 Å². The van der Waals surface area contributed by atoms with E-state index in [-0.39, 0.29) is 6.04 Å². The van der Waals surface area contributed by atoms with Gasteiger partial charge in [0.05, 0.1) is 6.61 Å². The van der Waals surface area contributed by atoms with Gasteiger partial charge < -0.3 is 10.5 Å². The summed E-state index contributed by atoms with van der Waals surface area (Å²) in [6.45, 7) is 9.23. The molecule has 2 N–H and O–H groups in total. The standard InChI is InChI=1S/C14H23NO/c1-5-12-8-13(16-9-10(2)3)6-7-14(12)11(4)15/h6-8,10-11H,5,9,15H2,1-4H3. The SMILES string of the molecule is CCc1cc(OCC(C)C)ccc1C(C)N. The van der Waals surface area contributed by atoms with E-state index in [1.165, 1.54) is 11.1 Å². The van der Waals surface area contributed by atoms with Crippen molar-refractivity contribution in [2.24, 2.45) is 11.7 Å². The van der Waals surface area contributed by atoms with Gasteiger partial charge in [-0.1, -0.05) is 26.8 Å². The topological polar surface area (TPSA) is 35.2 Å². The summed E-state index contributed by atoms with van der Waals surface area (Å²) in [5.41, 5.74) is 8.43. The molecule has 0 aliphatic rings. The lowest BCUT2D eigenvalue weighted by molar-refractivity contribution is 0.270. The fourth-order valence-electron chi connectivity index (χ4n) is 1.69. The zero-order valence-corrected chi connectivity index (χ0v) is 10.8. The number of rotatable bonds is 5. The highest BCUT2D eigenvalue weighted by Crippen LogP contribution is 2.22. The molecule has 0 spiro atoms. The average molecular weight is 221 g/mol. The number of hydrogen-bond acceptors (Lipinski definition) is 2. The molecule has 0 aliphatic carbocycles.